The molecule has 0 radical (unpaired) electrons. The number of rotatable bonds is 3. The van der Waals surface area contributed by atoms with Crippen LogP contribution in [0.25, 0.3) is 0 Å². The Hall–Kier alpha value is -0.820. The van der Waals surface area contributed by atoms with Gasteiger partial charge in [-0.1, -0.05) is 11.6 Å². The number of hydrogen-bond acceptors (Lipinski definition) is 2. The predicted molar refractivity (Wildman–Crippen MR) is 86.9 cm³/mol. The van der Waals surface area contributed by atoms with Crippen LogP contribution in [-0.4, -0.2) is 36.3 Å². The van der Waals surface area contributed by atoms with Crippen molar-refractivity contribution < 1.29 is 9.59 Å². The number of nitrogens with zero attached hydrogens (tertiary/aromatic N) is 1. The molecule has 1 N–H and O–H groups in total. The number of piperidine rings is 1. The van der Waals surface area contributed by atoms with Crippen LogP contribution in [0.1, 0.15) is 29.6 Å². The normalized spacial score (nSPS) is 15.0. The Labute approximate surface area is 137 Å². The standard InChI is InChI=1S/C14H16ClIN2O2/c15-10-4-5-12(16)11(8-10)14(20)17-9-13(19)18-6-2-1-3-7-18/h4-5,8H,1-3,6-7,9H2,(H,17,20). The summed E-state index contributed by atoms with van der Waals surface area (Å²) >= 11 is 7.96. The molecule has 0 atom stereocenters. The van der Waals surface area contributed by atoms with Crippen molar-refractivity contribution in [2.24, 2.45) is 0 Å². The molecule has 0 aromatic heterocycles. The molecule has 0 spiro atoms. The first-order chi connectivity index (χ1) is 9.58. The molecule has 1 aromatic rings. The Balaban J connectivity index is 1.91. The molecule has 6 heteroatoms. The molecule has 1 aliphatic heterocycles. The van der Waals surface area contributed by atoms with E-state index in [9.17, 15) is 9.59 Å². The average Bonchev–Trinajstić information content (AvgIpc) is 2.47. The Morgan fingerprint density at radius 1 is 1.25 bits per heavy atom. The quantitative estimate of drug-likeness (QED) is 0.785. The van der Waals surface area contributed by atoms with E-state index >= 15 is 0 Å². The lowest BCUT2D eigenvalue weighted by Gasteiger charge is -2.26. The summed E-state index contributed by atoms with van der Waals surface area (Å²) in [5.41, 5.74) is 0.504. The summed E-state index contributed by atoms with van der Waals surface area (Å²) in [6.07, 6.45) is 3.27. The van der Waals surface area contributed by atoms with Gasteiger partial charge >= 0.3 is 0 Å². The lowest BCUT2D eigenvalue weighted by atomic mass is 10.1. The van der Waals surface area contributed by atoms with E-state index in [4.69, 9.17) is 11.6 Å². The summed E-state index contributed by atoms with van der Waals surface area (Å²) in [6.45, 7) is 1.63. The zero-order valence-electron chi connectivity index (χ0n) is 11.0. The first-order valence-corrected chi connectivity index (χ1v) is 8.04. The third-order valence-electron chi connectivity index (χ3n) is 3.28. The highest BCUT2D eigenvalue weighted by atomic mass is 127. The summed E-state index contributed by atoms with van der Waals surface area (Å²) in [4.78, 5) is 25.8. The fourth-order valence-electron chi connectivity index (χ4n) is 2.18. The maximum atomic E-state index is 12.1. The third-order valence-corrected chi connectivity index (χ3v) is 4.46. The van der Waals surface area contributed by atoms with Gasteiger partial charge in [-0.15, -0.1) is 0 Å². The molecule has 4 nitrogen and oxygen atoms in total. The second kappa shape index (κ2) is 7.26. The minimum Gasteiger partial charge on any atom is -0.343 e. The molecule has 0 saturated carbocycles. The van der Waals surface area contributed by atoms with Gasteiger partial charge in [-0.3, -0.25) is 9.59 Å². The lowest BCUT2D eigenvalue weighted by Crippen LogP contribution is -2.42. The van der Waals surface area contributed by atoms with Crippen molar-refractivity contribution in [3.05, 3.63) is 32.4 Å². The van der Waals surface area contributed by atoms with E-state index in [-0.39, 0.29) is 18.4 Å². The molecule has 2 amide bonds. The molecule has 0 aliphatic carbocycles. The van der Waals surface area contributed by atoms with Gasteiger partial charge in [0.1, 0.15) is 0 Å². The third kappa shape index (κ3) is 4.09. The van der Waals surface area contributed by atoms with Crippen LogP contribution in [0.5, 0.6) is 0 Å². The summed E-state index contributed by atoms with van der Waals surface area (Å²) in [6, 6.07) is 5.13. The number of hydrogen-bond donors (Lipinski definition) is 1. The number of likely N-dealkylation sites (tertiary alicyclic amines) is 1. The molecule has 1 aliphatic rings. The zero-order chi connectivity index (χ0) is 14.5. The molecule has 0 unspecified atom stereocenters. The topological polar surface area (TPSA) is 49.4 Å². The Morgan fingerprint density at radius 3 is 2.65 bits per heavy atom. The maximum Gasteiger partial charge on any atom is 0.252 e. The van der Waals surface area contributed by atoms with Crippen LogP contribution in [0.3, 0.4) is 0 Å². The molecule has 0 bridgehead atoms. The van der Waals surface area contributed by atoms with Gasteiger partial charge in [-0.25, -0.2) is 0 Å². The average molecular weight is 407 g/mol. The molecule has 108 valence electrons. The van der Waals surface area contributed by atoms with Gasteiger partial charge in [-0.2, -0.15) is 0 Å². The number of benzene rings is 1. The number of carbonyl (C=O) groups excluding carboxylic acids is 2. The smallest absolute Gasteiger partial charge is 0.252 e. The van der Waals surface area contributed by atoms with Crippen LogP contribution in [-0.2, 0) is 4.79 Å². The van der Waals surface area contributed by atoms with E-state index in [1.54, 1.807) is 18.2 Å². The molecular weight excluding hydrogens is 391 g/mol. The molecule has 1 aromatic carbocycles. The van der Waals surface area contributed by atoms with Gasteiger partial charge in [-0.05, 0) is 60.1 Å². The summed E-state index contributed by atoms with van der Waals surface area (Å²) < 4.78 is 0.815. The van der Waals surface area contributed by atoms with Crippen LogP contribution in [0.2, 0.25) is 5.02 Å². The van der Waals surface area contributed by atoms with Crippen molar-refractivity contribution in [3.63, 3.8) is 0 Å². The second-order valence-electron chi connectivity index (χ2n) is 4.75. The van der Waals surface area contributed by atoms with Gasteiger partial charge in [0.15, 0.2) is 0 Å². The van der Waals surface area contributed by atoms with Crippen LogP contribution < -0.4 is 5.32 Å². The van der Waals surface area contributed by atoms with Crippen LogP contribution in [0, 0.1) is 3.57 Å². The molecule has 1 fully saturated rings. The highest BCUT2D eigenvalue weighted by Gasteiger charge is 2.18. The summed E-state index contributed by atoms with van der Waals surface area (Å²) in [7, 11) is 0. The highest BCUT2D eigenvalue weighted by Crippen LogP contribution is 2.17. The van der Waals surface area contributed by atoms with E-state index in [1.807, 2.05) is 4.90 Å². The molecular formula is C14H16ClIN2O2. The van der Waals surface area contributed by atoms with Crippen LogP contribution in [0.15, 0.2) is 18.2 Å². The molecule has 20 heavy (non-hydrogen) atoms. The molecule has 1 saturated heterocycles. The van der Waals surface area contributed by atoms with Gasteiger partial charge in [0.2, 0.25) is 5.91 Å². The largest absolute Gasteiger partial charge is 0.343 e. The number of nitrogens with one attached hydrogen (secondary N) is 1. The van der Waals surface area contributed by atoms with Crippen LogP contribution >= 0.6 is 34.2 Å². The van der Waals surface area contributed by atoms with Gasteiger partial charge in [0.05, 0.1) is 12.1 Å². The van der Waals surface area contributed by atoms with Crippen molar-refractivity contribution >= 4 is 46.0 Å². The van der Waals surface area contributed by atoms with Crippen LogP contribution in [0.4, 0.5) is 0 Å². The maximum absolute atomic E-state index is 12.1. The predicted octanol–water partition coefficient (Wildman–Crippen LogP) is 2.69. The zero-order valence-corrected chi connectivity index (χ0v) is 13.9. The highest BCUT2D eigenvalue weighted by molar-refractivity contribution is 14.1. The summed E-state index contributed by atoms with van der Waals surface area (Å²) in [5.74, 6) is -0.280. The fraction of sp³-hybridized carbons (Fsp3) is 0.429. The first-order valence-electron chi connectivity index (χ1n) is 6.59. The monoisotopic (exact) mass is 406 g/mol. The van der Waals surface area contributed by atoms with Crippen molar-refractivity contribution in [2.45, 2.75) is 19.3 Å². The number of carbonyl (C=O) groups is 2. The van der Waals surface area contributed by atoms with Crippen molar-refractivity contribution in [1.29, 1.82) is 0 Å². The first kappa shape index (κ1) is 15.6. The Morgan fingerprint density at radius 2 is 1.95 bits per heavy atom. The van der Waals surface area contributed by atoms with Gasteiger partial charge in [0.25, 0.3) is 5.91 Å². The minimum absolute atomic E-state index is 0.0184. The van der Waals surface area contributed by atoms with Crippen molar-refractivity contribution in [3.8, 4) is 0 Å². The SMILES string of the molecule is O=C(NCC(=O)N1CCCCC1)c1cc(Cl)ccc1I. The van der Waals surface area contributed by atoms with Crippen molar-refractivity contribution in [1.82, 2.24) is 10.2 Å². The Bertz CT molecular complexity index is 516. The van der Waals surface area contributed by atoms with E-state index in [2.05, 4.69) is 27.9 Å². The second-order valence-corrected chi connectivity index (χ2v) is 6.35. The van der Waals surface area contributed by atoms with E-state index in [0.717, 1.165) is 29.5 Å². The minimum atomic E-state index is -0.262. The molecule has 2 rings (SSSR count). The number of amides is 2. The Kier molecular flexibility index (Phi) is 5.65. The van der Waals surface area contributed by atoms with E-state index in [1.165, 1.54) is 6.42 Å². The van der Waals surface area contributed by atoms with E-state index < -0.39 is 0 Å². The van der Waals surface area contributed by atoms with E-state index in [0.29, 0.717) is 10.6 Å². The summed E-state index contributed by atoms with van der Waals surface area (Å²) in [5, 5.41) is 3.18. The molecule has 1 heterocycles. The fourth-order valence-corrected chi connectivity index (χ4v) is 2.93. The number of halogens is 2. The lowest BCUT2D eigenvalue weighted by molar-refractivity contribution is -0.130. The van der Waals surface area contributed by atoms with Gasteiger partial charge < -0.3 is 10.2 Å². The van der Waals surface area contributed by atoms with Gasteiger partial charge in [0, 0.05) is 21.7 Å². The van der Waals surface area contributed by atoms with Crippen molar-refractivity contribution in [2.75, 3.05) is 19.6 Å².